The highest BCUT2D eigenvalue weighted by Gasteiger charge is 2.43. The van der Waals surface area contributed by atoms with Crippen LogP contribution in [0.15, 0.2) is 60.8 Å². The van der Waals surface area contributed by atoms with Gasteiger partial charge in [0.25, 0.3) is 0 Å². The van der Waals surface area contributed by atoms with Gasteiger partial charge in [0, 0.05) is 28.4 Å². The van der Waals surface area contributed by atoms with E-state index < -0.39 is 32.7 Å². The number of benzene rings is 1. The summed E-state index contributed by atoms with van der Waals surface area (Å²) in [7, 11) is -3.83. The molecule has 0 spiro atoms. The third-order valence-electron chi connectivity index (χ3n) is 11.3. The minimum atomic E-state index is -1.92. The number of hydrogen-bond acceptors (Lipinski definition) is 7. The molecule has 0 amide bonds. The fraction of sp³-hybridized carbons (Fsp3) is 0.575. The summed E-state index contributed by atoms with van der Waals surface area (Å²) >= 11 is -1.26. The molecule has 5 rings (SSSR count). The van der Waals surface area contributed by atoms with Gasteiger partial charge in [0.1, 0.15) is 4.75 Å². The smallest absolute Gasteiger partial charge is 0.192 e. The fourth-order valence-corrected chi connectivity index (χ4v) is 9.19. The second-order valence-corrected chi connectivity index (χ2v) is 29.9. The molecule has 1 fully saturated rings. The molecule has 51 heavy (non-hydrogen) atoms. The molecule has 0 saturated heterocycles. The van der Waals surface area contributed by atoms with E-state index >= 15 is 0 Å². The molecule has 4 aromatic rings. The van der Waals surface area contributed by atoms with Crippen LogP contribution in [-0.2, 0) is 26.8 Å². The molecule has 3 aromatic heterocycles. The maximum absolute atomic E-state index is 13.6. The van der Waals surface area contributed by atoms with Gasteiger partial charge in [0.15, 0.2) is 22.5 Å². The van der Waals surface area contributed by atoms with E-state index in [9.17, 15) is 4.55 Å². The maximum Gasteiger partial charge on any atom is 0.192 e. The van der Waals surface area contributed by atoms with Crippen molar-refractivity contribution >= 4 is 38.9 Å². The molecule has 4 atom stereocenters. The zero-order valence-corrected chi connectivity index (χ0v) is 36.1. The number of rotatable bonds is 11. The Balaban J connectivity index is 1.43. The zero-order valence-electron chi connectivity index (χ0n) is 33.3. The second kappa shape index (κ2) is 14.8. The predicted molar refractivity (Wildman–Crippen MR) is 217 cm³/mol. The second-order valence-electron chi connectivity index (χ2n) is 18.4. The molecule has 0 aliphatic heterocycles. The number of nitrogens with zero attached hydrogens (tertiary/aromatic N) is 4. The lowest BCUT2D eigenvalue weighted by Crippen LogP contribution is -2.44. The van der Waals surface area contributed by atoms with E-state index in [0.29, 0.717) is 6.61 Å². The largest absolute Gasteiger partial charge is 0.598 e. The molecule has 278 valence electrons. The van der Waals surface area contributed by atoms with Gasteiger partial charge >= 0.3 is 0 Å². The van der Waals surface area contributed by atoms with E-state index in [0.717, 1.165) is 58.6 Å². The van der Waals surface area contributed by atoms with Gasteiger partial charge in [-0.15, -0.1) is 4.72 Å². The summed E-state index contributed by atoms with van der Waals surface area (Å²) in [6.45, 7) is 29.3. The molecular formula is C40H61N5O3SSi2. The molecule has 1 N–H and O–H groups in total. The number of nitrogens with one attached hydrogen (secondary N) is 1. The van der Waals surface area contributed by atoms with Gasteiger partial charge in [-0.2, -0.15) is 5.10 Å². The fourth-order valence-electron chi connectivity index (χ4n) is 5.95. The van der Waals surface area contributed by atoms with Gasteiger partial charge in [-0.3, -0.25) is 4.98 Å². The van der Waals surface area contributed by atoms with Crippen molar-refractivity contribution in [2.75, 3.05) is 0 Å². The van der Waals surface area contributed by atoms with Gasteiger partial charge in [-0.25, -0.2) is 9.67 Å². The van der Waals surface area contributed by atoms with E-state index in [1.54, 1.807) is 0 Å². The van der Waals surface area contributed by atoms with Crippen LogP contribution in [0.2, 0.25) is 36.3 Å². The van der Waals surface area contributed by atoms with Crippen LogP contribution in [0.4, 0.5) is 0 Å². The minimum Gasteiger partial charge on any atom is -0.598 e. The summed E-state index contributed by atoms with van der Waals surface area (Å²) in [6.07, 6.45) is 5.03. The molecule has 11 heteroatoms. The predicted octanol–water partition coefficient (Wildman–Crippen LogP) is 10.3. The van der Waals surface area contributed by atoms with E-state index in [4.69, 9.17) is 23.9 Å². The molecule has 8 nitrogen and oxygen atoms in total. The number of hydrogen-bond donors (Lipinski definition) is 1. The van der Waals surface area contributed by atoms with Gasteiger partial charge < -0.3 is 13.4 Å². The van der Waals surface area contributed by atoms with Gasteiger partial charge in [-0.05, 0) is 113 Å². The summed E-state index contributed by atoms with van der Waals surface area (Å²) in [5.41, 5.74) is 4.62. The summed E-state index contributed by atoms with van der Waals surface area (Å²) < 4.78 is 31.9. The average Bonchev–Trinajstić information content (AvgIpc) is 3.67. The number of pyridine rings is 2. The Morgan fingerprint density at radius 2 is 1.57 bits per heavy atom. The SMILES string of the molecule is CC(C)(C)[S+]([O-])N[C@@H](c1cccc(-c2ccc3cnn(-c4cccc(CO[Si](C)(C)C(C)(C)C)n4)c3c2)n1)[C@@H]1CC[C@@H](O[Si](C)(C)C(C)(C)C)C1. The van der Waals surface area contributed by atoms with Crippen LogP contribution in [0.5, 0.6) is 0 Å². The lowest BCUT2D eigenvalue weighted by Gasteiger charge is -2.38. The van der Waals surface area contributed by atoms with Crippen LogP contribution in [-0.4, -0.2) is 51.8 Å². The first-order valence-corrected chi connectivity index (χ1v) is 25.4. The molecule has 3 heterocycles. The molecule has 1 saturated carbocycles. The zero-order chi connectivity index (χ0) is 37.6. The molecule has 0 radical (unpaired) electrons. The number of fused-ring (bicyclic) bond motifs is 1. The van der Waals surface area contributed by atoms with E-state index in [1.807, 2.05) is 49.8 Å². The Morgan fingerprint density at radius 3 is 2.24 bits per heavy atom. The van der Waals surface area contributed by atoms with Crippen LogP contribution in [0, 0.1) is 5.92 Å². The molecular weight excluding hydrogens is 687 g/mol. The maximum atomic E-state index is 13.6. The first-order valence-electron chi connectivity index (χ1n) is 18.5. The Kier molecular flexibility index (Phi) is 11.6. The van der Waals surface area contributed by atoms with Crippen LogP contribution in [0.1, 0.15) is 99.0 Å². The Labute approximate surface area is 312 Å². The van der Waals surface area contributed by atoms with Gasteiger partial charge in [-0.1, -0.05) is 65.8 Å². The van der Waals surface area contributed by atoms with Crippen molar-refractivity contribution in [1.29, 1.82) is 0 Å². The highest BCUT2D eigenvalue weighted by Crippen LogP contribution is 2.43. The third-order valence-corrected chi connectivity index (χ3v) is 21.9. The minimum absolute atomic E-state index is 0.128. The third kappa shape index (κ3) is 9.23. The first-order chi connectivity index (χ1) is 23.6. The normalized spacial score (nSPS) is 19.1. The van der Waals surface area contributed by atoms with E-state index in [1.165, 1.54) is 0 Å². The van der Waals surface area contributed by atoms with E-state index in [-0.39, 0.29) is 28.1 Å². The quantitative estimate of drug-likeness (QED) is 0.120. The van der Waals surface area contributed by atoms with Crippen molar-refractivity contribution in [2.24, 2.45) is 5.92 Å². The molecule has 1 aliphatic rings. The molecule has 1 unspecified atom stereocenters. The topological polar surface area (TPSA) is 97.2 Å². The lowest BCUT2D eigenvalue weighted by atomic mass is 9.95. The van der Waals surface area contributed by atoms with Crippen LogP contribution in [0.3, 0.4) is 0 Å². The van der Waals surface area contributed by atoms with Crippen LogP contribution in [0.25, 0.3) is 28.0 Å². The summed E-state index contributed by atoms with van der Waals surface area (Å²) in [5, 5.41) is 6.05. The summed E-state index contributed by atoms with van der Waals surface area (Å²) in [6, 6.07) is 18.4. The Hall–Kier alpha value is -2.39. The molecule has 0 bridgehead atoms. The molecule has 1 aromatic carbocycles. The first kappa shape index (κ1) is 39.8. The van der Waals surface area contributed by atoms with Crippen molar-refractivity contribution < 1.29 is 13.4 Å². The highest BCUT2D eigenvalue weighted by atomic mass is 32.2. The Bertz CT molecular complexity index is 1810. The van der Waals surface area contributed by atoms with Crippen molar-refractivity contribution in [3.05, 3.63) is 72.2 Å². The lowest BCUT2D eigenvalue weighted by molar-refractivity contribution is 0.179. The highest BCUT2D eigenvalue weighted by molar-refractivity contribution is 7.90. The van der Waals surface area contributed by atoms with Crippen LogP contribution >= 0.6 is 0 Å². The Morgan fingerprint density at radius 1 is 0.882 bits per heavy atom. The van der Waals surface area contributed by atoms with Crippen molar-refractivity contribution in [1.82, 2.24) is 24.5 Å². The summed E-state index contributed by atoms with van der Waals surface area (Å²) in [5.74, 6) is 1.02. The molecule has 1 aliphatic carbocycles. The standard InChI is InChI=1S/C40H61N5O3SSi2/c1-38(2,3)49(46)44-37(29-22-23-32(24-29)48-51(12,13)40(7,8)9)34-18-15-17-33(43-34)28-20-21-30-26-41-45(35(30)25-28)36-19-14-16-31(42-36)27-47-50(10,11)39(4,5)6/h14-21,25-26,29,32,37,44H,22-24,27H2,1-13H3/t29-,32-,37-,49?/m1/s1. The van der Waals surface area contributed by atoms with E-state index in [2.05, 4.69) is 109 Å². The van der Waals surface area contributed by atoms with Gasteiger partial charge in [0.05, 0.1) is 41.4 Å². The average molecular weight is 748 g/mol. The summed E-state index contributed by atoms with van der Waals surface area (Å²) in [4.78, 5) is 10.2. The number of aromatic nitrogens is 4. The monoisotopic (exact) mass is 747 g/mol. The van der Waals surface area contributed by atoms with Gasteiger partial charge in [0.2, 0.25) is 0 Å². The van der Waals surface area contributed by atoms with Crippen molar-refractivity contribution in [3.8, 4) is 17.1 Å². The van der Waals surface area contributed by atoms with Crippen molar-refractivity contribution in [3.63, 3.8) is 0 Å². The van der Waals surface area contributed by atoms with Crippen LogP contribution < -0.4 is 4.72 Å². The van der Waals surface area contributed by atoms with Crippen molar-refractivity contribution in [2.45, 2.75) is 141 Å².